The van der Waals surface area contributed by atoms with E-state index in [0.717, 1.165) is 37.7 Å². The van der Waals surface area contributed by atoms with Gasteiger partial charge >= 0.3 is 0 Å². The first-order chi connectivity index (χ1) is 14.2. The maximum atomic E-state index is 13.9. The molecule has 2 atom stereocenters. The van der Waals surface area contributed by atoms with Crippen molar-refractivity contribution in [3.63, 3.8) is 0 Å². The third-order valence-electron chi connectivity index (χ3n) is 5.37. The Bertz CT molecular complexity index is 798. The van der Waals surface area contributed by atoms with Crippen molar-refractivity contribution in [2.45, 2.75) is 12.2 Å². The normalized spacial score (nSPS) is 20.5. The van der Waals surface area contributed by atoms with Crippen LogP contribution in [0.4, 0.5) is 10.1 Å². The minimum absolute atomic E-state index is 0.172. The van der Waals surface area contributed by atoms with Crippen molar-refractivity contribution in [2.75, 3.05) is 57.4 Å². The Morgan fingerprint density at radius 2 is 1.83 bits per heavy atom. The van der Waals surface area contributed by atoms with Crippen LogP contribution in [-0.4, -0.2) is 69.9 Å². The maximum Gasteiger partial charge on any atom is 0.161 e. The van der Waals surface area contributed by atoms with Crippen molar-refractivity contribution in [1.29, 1.82) is 0 Å². The van der Waals surface area contributed by atoms with Gasteiger partial charge in [0.05, 0.1) is 45.1 Å². The van der Waals surface area contributed by atoms with Gasteiger partial charge in [0.2, 0.25) is 0 Å². The molecule has 6 nitrogen and oxygen atoms in total. The van der Waals surface area contributed by atoms with Crippen molar-refractivity contribution in [2.24, 2.45) is 0 Å². The lowest BCUT2D eigenvalue weighted by atomic mass is 10.2. The van der Waals surface area contributed by atoms with Gasteiger partial charge in [0.25, 0.3) is 0 Å². The molecule has 156 valence electrons. The topological polar surface area (TPSA) is 55.6 Å². The number of aliphatic hydroxyl groups excluding tert-OH is 1. The fourth-order valence-corrected chi connectivity index (χ4v) is 3.85. The third kappa shape index (κ3) is 5.18. The maximum absolute atomic E-state index is 13.9. The van der Waals surface area contributed by atoms with Gasteiger partial charge in [0.15, 0.2) is 17.6 Å². The van der Waals surface area contributed by atoms with E-state index in [1.807, 2.05) is 36.4 Å². The second kappa shape index (κ2) is 9.43. The molecule has 0 unspecified atom stereocenters. The number of rotatable bonds is 7. The van der Waals surface area contributed by atoms with Gasteiger partial charge in [-0.15, -0.1) is 0 Å². The number of piperazine rings is 1. The number of quaternary nitrogens is 1. The minimum atomic E-state index is -0.540. The zero-order chi connectivity index (χ0) is 20.1. The molecule has 0 spiro atoms. The van der Waals surface area contributed by atoms with E-state index in [9.17, 15) is 9.50 Å². The summed E-state index contributed by atoms with van der Waals surface area (Å²) >= 11 is 0. The van der Waals surface area contributed by atoms with E-state index in [0.29, 0.717) is 25.4 Å². The van der Waals surface area contributed by atoms with Gasteiger partial charge in [-0.2, -0.15) is 0 Å². The average Bonchev–Trinajstić information content (AvgIpc) is 2.75. The fourth-order valence-electron chi connectivity index (χ4n) is 3.85. The standard InChI is InChI=1S/C22H27FN2O4/c23-19-5-1-2-6-20(19)25-11-9-24(10-12-25)13-17(26)14-27-15-18-16-28-21-7-3-4-8-22(21)29-18/h1-8,17-18,26H,9-16H2/p+1/t17-,18+/m1/s1. The summed E-state index contributed by atoms with van der Waals surface area (Å²) < 4.78 is 31.1. The number of nitrogens with zero attached hydrogens (tertiary/aromatic N) is 1. The van der Waals surface area contributed by atoms with Gasteiger partial charge in [-0.3, -0.25) is 0 Å². The zero-order valence-electron chi connectivity index (χ0n) is 16.4. The zero-order valence-corrected chi connectivity index (χ0v) is 16.4. The smallest absolute Gasteiger partial charge is 0.161 e. The SMILES string of the molecule is O[C@@H](COC[C@H]1COc2ccccc2O1)C[NH+]1CCN(c2ccccc2F)CC1. The number of anilines is 1. The van der Waals surface area contributed by atoms with E-state index in [1.165, 1.54) is 11.0 Å². The van der Waals surface area contributed by atoms with Crippen molar-refractivity contribution in [1.82, 2.24) is 0 Å². The van der Waals surface area contributed by atoms with Crippen LogP contribution in [0.1, 0.15) is 0 Å². The number of aliphatic hydroxyl groups is 1. The summed E-state index contributed by atoms with van der Waals surface area (Å²) in [4.78, 5) is 3.37. The second-order valence-electron chi connectivity index (χ2n) is 7.58. The van der Waals surface area contributed by atoms with Gasteiger partial charge in [0, 0.05) is 0 Å². The predicted molar refractivity (Wildman–Crippen MR) is 107 cm³/mol. The third-order valence-corrected chi connectivity index (χ3v) is 5.37. The monoisotopic (exact) mass is 403 g/mol. The second-order valence-corrected chi connectivity index (χ2v) is 7.58. The molecule has 1 saturated heterocycles. The van der Waals surface area contributed by atoms with E-state index in [4.69, 9.17) is 14.2 Å². The highest BCUT2D eigenvalue weighted by atomic mass is 19.1. The highest BCUT2D eigenvalue weighted by Gasteiger charge is 2.25. The number of ether oxygens (including phenoxy) is 3. The van der Waals surface area contributed by atoms with Crippen LogP contribution in [0.5, 0.6) is 11.5 Å². The molecule has 2 N–H and O–H groups in total. The van der Waals surface area contributed by atoms with Crippen LogP contribution in [0.2, 0.25) is 0 Å². The van der Waals surface area contributed by atoms with Gasteiger partial charge in [-0.05, 0) is 24.3 Å². The summed E-state index contributed by atoms with van der Waals surface area (Å²) in [6.45, 7) is 4.98. The molecule has 4 rings (SSSR count). The lowest BCUT2D eigenvalue weighted by molar-refractivity contribution is -0.903. The van der Waals surface area contributed by atoms with E-state index in [2.05, 4.69) is 4.90 Å². The molecule has 2 heterocycles. The summed E-state index contributed by atoms with van der Waals surface area (Å²) in [5, 5.41) is 10.3. The molecule has 2 aromatic carbocycles. The molecule has 0 saturated carbocycles. The lowest BCUT2D eigenvalue weighted by Crippen LogP contribution is -3.16. The molecule has 2 aliphatic heterocycles. The number of para-hydroxylation sites is 3. The Labute approximate surface area is 170 Å². The van der Waals surface area contributed by atoms with E-state index < -0.39 is 6.10 Å². The summed E-state index contributed by atoms with van der Waals surface area (Å²) in [5.41, 5.74) is 0.659. The predicted octanol–water partition coefficient (Wildman–Crippen LogP) is 0.748. The molecule has 0 aliphatic carbocycles. The summed E-state index contributed by atoms with van der Waals surface area (Å²) in [6.07, 6.45) is -0.712. The highest BCUT2D eigenvalue weighted by Crippen LogP contribution is 2.30. The van der Waals surface area contributed by atoms with Crippen molar-refractivity contribution >= 4 is 5.69 Å². The fraction of sp³-hybridized carbons (Fsp3) is 0.455. The number of fused-ring (bicyclic) bond motifs is 1. The van der Waals surface area contributed by atoms with Gasteiger partial charge in [-0.1, -0.05) is 24.3 Å². The minimum Gasteiger partial charge on any atom is -0.486 e. The molecule has 0 bridgehead atoms. The Balaban J connectivity index is 1.15. The van der Waals surface area contributed by atoms with Crippen LogP contribution in [0.3, 0.4) is 0 Å². The summed E-state index contributed by atoms with van der Waals surface area (Å²) in [7, 11) is 0. The highest BCUT2D eigenvalue weighted by molar-refractivity contribution is 5.47. The van der Waals surface area contributed by atoms with Gasteiger partial charge < -0.3 is 29.1 Å². The average molecular weight is 403 g/mol. The van der Waals surface area contributed by atoms with E-state index >= 15 is 0 Å². The molecule has 0 radical (unpaired) electrons. The molecule has 2 aliphatic rings. The number of nitrogens with one attached hydrogen (secondary N) is 1. The molecular formula is C22H28FN2O4+. The summed E-state index contributed by atoms with van der Waals surface area (Å²) in [5.74, 6) is 1.30. The van der Waals surface area contributed by atoms with Gasteiger partial charge in [0.1, 0.15) is 25.1 Å². The number of hydrogen-bond acceptors (Lipinski definition) is 5. The van der Waals surface area contributed by atoms with E-state index in [-0.39, 0.29) is 18.5 Å². The molecule has 1 fully saturated rings. The molecule has 0 aromatic heterocycles. The summed E-state index contributed by atoms with van der Waals surface area (Å²) in [6, 6.07) is 14.5. The van der Waals surface area contributed by atoms with Crippen LogP contribution in [0.15, 0.2) is 48.5 Å². The molecule has 0 amide bonds. The quantitative estimate of drug-likeness (QED) is 0.715. The van der Waals surface area contributed by atoms with Gasteiger partial charge in [-0.25, -0.2) is 4.39 Å². The van der Waals surface area contributed by atoms with Crippen molar-refractivity contribution in [3.8, 4) is 11.5 Å². The van der Waals surface area contributed by atoms with Crippen LogP contribution in [0.25, 0.3) is 0 Å². The largest absolute Gasteiger partial charge is 0.486 e. The molecule has 29 heavy (non-hydrogen) atoms. The number of halogens is 1. The first kappa shape index (κ1) is 19.9. The lowest BCUT2D eigenvalue weighted by Gasteiger charge is -2.34. The van der Waals surface area contributed by atoms with Crippen molar-refractivity contribution in [3.05, 3.63) is 54.3 Å². The van der Waals surface area contributed by atoms with Crippen LogP contribution in [-0.2, 0) is 4.74 Å². The van der Waals surface area contributed by atoms with Crippen LogP contribution in [0, 0.1) is 5.82 Å². The first-order valence-corrected chi connectivity index (χ1v) is 10.2. The molecule has 2 aromatic rings. The Morgan fingerprint density at radius 3 is 2.62 bits per heavy atom. The molecular weight excluding hydrogens is 375 g/mol. The number of benzene rings is 2. The Hall–Kier alpha value is -2.35. The number of hydrogen-bond donors (Lipinski definition) is 2. The molecule has 7 heteroatoms. The van der Waals surface area contributed by atoms with E-state index in [1.54, 1.807) is 6.07 Å². The van der Waals surface area contributed by atoms with Crippen molar-refractivity contribution < 1.29 is 28.6 Å². The Morgan fingerprint density at radius 1 is 1.10 bits per heavy atom. The van der Waals surface area contributed by atoms with Crippen LogP contribution < -0.4 is 19.3 Å². The first-order valence-electron chi connectivity index (χ1n) is 10.2. The van der Waals surface area contributed by atoms with Crippen LogP contribution >= 0.6 is 0 Å². The Kier molecular flexibility index (Phi) is 6.49.